The minimum absolute atomic E-state index is 0.0143. The van der Waals surface area contributed by atoms with Crippen LogP contribution < -0.4 is 4.74 Å². The molecule has 0 aliphatic carbocycles. The van der Waals surface area contributed by atoms with Crippen molar-refractivity contribution < 1.29 is 22.7 Å². The number of ether oxygens (including phenoxy) is 1. The molecule has 2 nitrogen and oxygen atoms in total. The van der Waals surface area contributed by atoms with Crippen molar-refractivity contribution in [3.05, 3.63) is 28.8 Å². The van der Waals surface area contributed by atoms with Crippen molar-refractivity contribution in [3.8, 4) is 5.75 Å². The van der Waals surface area contributed by atoms with Crippen molar-refractivity contribution in [2.45, 2.75) is 26.9 Å². The number of hydrogen-bond donors (Lipinski definition) is 0. The predicted octanol–water partition coefficient (Wildman–Crippen LogP) is 3.45. The zero-order valence-electron chi connectivity index (χ0n) is 9.81. The molecule has 94 valence electrons. The van der Waals surface area contributed by atoms with E-state index in [1.165, 1.54) is 6.07 Å². The first-order chi connectivity index (χ1) is 7.77. The number of hydrogen-bond acceptors (Lipinski definition) is 2. The molecular formula is C12H13F3O2. The molecular weight excluding hydrogens is 233 g/mol. The van der Waals surface area contributed by atoms with Crippen LogP contribution in [-0.2, 0) is 0 Å². The van der Waals surface area contributed by atoms with Crippen molar-refractivity contribution >= 4 is 5.78 Å². The van der Waals surface area contributed by atoms with Gasteiger partial charge in [0.1, 0.15) is 5.75 Å². The van der Waals surface area contributed by atoms with Crippen LogP contribution in [0.4, 0.5) is 13.2 Å². The fourth-order valence-electron chi connectivity index (χ4n) is 1.61. The Labute approximate surface area is 97.4 Å². The summed E-state index contributed by atoms with van der Waals surface area (Å²) in [6.45, 7) is 5.12. The number of carbonyl (C=O) groups is 1. The molecule has 0 aliphatic heterocycles. The number of ketones is 1. The lowest BCUT2D eigenvalue weighted by atomic mass is 10.0. The van der Waals surface area contributed by atoms with Gasteiger partial charge in [-0.2, -0.15) is 13.2 Å². The summed E-state index contributed by atoms with van der Waals surface area (Å²) in [7, 11) is 0. The molecule has 0 aliphatic rings. The SMILES string of the molecule is CCOc1c(C)cc(C)cc1C(=O)C(F)(F)F. The lowest BCUT2D eigenvalue weighted by Gasteiger charge is -2.14. The summed E-state index contributed by atoms with van der Waals surface area (Å²) >= 11 is 0. The Hall–Kier alpha value is -1.52. The van der Waals surface area contributed by atoms with Crippen LogP contribution in [-0.4, -0.2) is 18.6 Å². The van der Waals surface area contributed by atoms with Gasteiger partial charge in [-0.25, -0.2) is 0 Å². The molecule has 0 saturated carbocycles. The van der Waals surface area contributed by atoms with Gasteiger partial charge < -0.3 is 4.74 Å². The third kappa shape index (κ3) is 2.99. The van der Waals surface area contributed by atoms with E-state index in [9.17, 15) is 18.0 Å². The van der Waals surface area contributed by atoms with Crippen LogP contribution in [0, 0.1) is 13.8 Å². The average Bonchev–Trinajstić information content (AvgIpc) is 2.19. The van der Waals surface area contributed by atoms with Crippen LogP contribution in [0.2, 0.25) is 0 Å². The highest BCUT2D eigenvalue weighted by Crippen LogP contribution is 2.31. The molecule has 0 amide bonds. The van der Waals surface area contributed by atoms with Gasteiger partial charge in [0.25, 0.3) is 5.78 Å². The van der Waals surface area contributed by atoms with Crippen LogP contribution in [0.1, 0.15) is 28.4 Å². The smallest absolute Gasteiger partial charge is 0.455 e. The van der Waals surface area contributed by atoms with E-state index in [1.54, 1.807) is 26.8 Å². The highest BCUT2D eigenvalue weighted by molar-refractivity contribution is 6.03. The zero-order valence-corrected chi connectivity index (χ0v) is 9.81. The molecule has 0 N–H and O–H groups in total. The van der Waals surface area contributed by atoms with Gasteiger partial charge in [-0.3, -0.25) is 4.79 Å². The standard InChI is InChI=1S/C12H13F3O2/c1-4-17-10-8(3)5-7(2)6-9(10)11(16)12(13,14)15/h5-6H,4H2,1-3H3. The summed E-state index contributed by atoms with van der Waals surface area (Å²) in [5.74, 6) is -1.85. The summed E-state index contributed by atoms with van der Waals surface area (Å²) in [5.41, 5.74) is 0.704. The first-order valence-electron chi connectivity index (χ1n) is 5.13. The number of Topliss-reactive ketones (excluding diaryl/α,β-unsaturated/α-hetero) is 1. The van der Waals surface area contributed by atoms with E-state index in [1.807, 2.05) is 0 Å². The highest BCUT2D eigenvalue weighted by atomic mass is 19.4. The first kappa shape index (κ1) is 13.5. The topological polar surface area (TPSA) is 26.3 Å². The van der Waals surface area contributed by atoms with E-state index in [2.05, 4.69) is 0 Å². The monoisotopic (exact) mass is 246 g/mol. The number of aryl methyl sites for hydroxylation is 2. The average molecular weight is 246 g/mol. The second-order valence-corrected chi connectivity index (χ2v) is 3.72. The van der Waals surface area contributed by atoms with Gasteiger partial charge in [0.15, 0.2) is 0 Å². The minimum Gasteiger partial charge on any atom is -0.493 e. The van der Waals surface area contributed by atoms with Crippen molar-refractivity contribution in [2.24, 2.45) is 0 Å². The van der Waals surface area contributed by atoms with Crippen LogP contribution in [0.5, 0.6) is 5.75 Å². The third-order valence-corrected chi connectivity index (χ3v) is 2.21. The Morgan fingerprint density at radius 3 is 2.35 bits per heavy atom. The number of carbonyl (C=O) groups excluding carboxylic acids is 1. The Balaban J connectivity index is 3.35. The molecule has 0 saturated heterocycles. The largest absolute Gasteiger partial charge is 0.493 e. The normalized spacial score (nSPS) is 11.4. The maximum Gasteiger partial charge on any atom is 0.455 e. The van der Waals surface area contributed by atoms with Gasteiger partial charge in [0.2, 0.25) is 0 Å². The molecule has 0 unspecified atom stereocenters. The molecule has 0 aromatic heterocycles. The van der Waals surface area contributed by atoms with Crippen LogP contribution in [0.25, 0.3) is 0 Å². The number of rotatable bonds is 3. The zero-order chi connectivity index (χ0) is 13.2. The predicted molar refractivity (Wildman–Crippen MR) is 57.5 cm³/mol. The first-order valence-corrected chi connectivity index (χ1v) is 5.13. The lowest BCUT2D eigenvalue weighted by Crippen LogP contribution is -2.24. The lowest BCUT2D eigenvalue weighted by molar-refractivity contribution is -0.0886. The number of halogens is 3. The molecule has 1 aromatic rings. The van der Waals surface area contributed by atoms with Gasteiger partial charge >= 0.3 is 6.18 Å². The fourth-order valence-corrected chi connectivity index (χ4v) is 1.61. The Kier molecular flexibility index (Phi) is 3.80. The van der Waals surface area contributed by atoms with E-state index in [-0.39, 0.29) is 12.4 Å². The number of alkyl halides is 3. The second-order valence-electron chi connectivity index (χ2n) is 3.72. The van der Waals surface area contributed by atoms with E-state index < -0.39 is 17.5 Å². The summed E-state index contributed by atoms with van der Waals surface area (Å²) < 4.78 is 42.4. The molecule has 0 bridgehead atoms. The molecule has 5 heteroatoms. The maximum atomic E-state index is 12.4. The van der Waals surface area contributed by atoms with Crippen LogP contribution in [0.3, 0.4) is 0 Å². The fraction of sp³-hybridized carbons (Fsp3) is 0.417. The molecule has 0 atom stereocenters. The maximum absolute atomic E-state index is 12.4. The Bertz CT molecular complexity index is 436. The third-order valence-electron chi connectivity index (χ3n) is 2.21. The summed E-state index contributed by atoms with van der Waals surface area (Å²) in [6, 6.07) is 2.88. The Morgan fingerprint density at radius 2 is 1.88 bits per heavy atom. The summed E-state index contributed by atoms with van der Waals surface area (Å²) in [5, 5.41) is 0. The van der Waals surface area contributed by atoms with E-state index in [0.29, 0.717) is 11.1 Å². The van der Waals surface area contributed by atoms with Crippen molar-refractivity contribution in [3.63, 3.8) is 0 Å². The van der Waals surface area contributed by atoms with E-state index in [0.717, 1.165) is 0 Å². The molecule has 0 radical (unpaired) electrons. The molecule has 1 aromatic carbocycles. The van der Waals surface area contributed by atoms with Crippen molar-refractivity contribution in [2.75, 3.05) is 6.61 Å². The van der Waals surface area contributed by atoms with Gasteiger partial charge in [0.05, 0.1) is 12.2 Å². The van der Waals surface area contributed by atoms with Gasteiger partial charge in [0, 0.05) is 0 Å². The van der Waals surface area contributed by atoms with Crippen LogP contribution >= 0.6 is 0 Å². The van der Waals surface area contributed by atoms with Gasteiger partial charge in [-0.1, -0.05) is 6.07 Å². The van der Waals surface area contributed by atoms with Crippen LogP contribution in [0.15, 0.2) is 12.1 Å². The molecule has 0 fully saturated rings. The highest BCUT2D eigenvalue weighted by Gasteiger charge is 2.41. The molecule has 0 heterocycles. The quantitative estimate of drug-likeness (QED) is 0.763. The van der Waals surface area contributed by atoms with Gasteiger partial charge in [-0.15, -0.1) is 0 Å². The molecule has 17 heavy (non-hydrogen) atoms. The summed E-state index contributed by atoms with van der Waals surface area (Å²) in [4.78, 5) is 11.3. The van der Waals surface area contributed by atoms with E-state index in [4.69, 9.17) is 4.74 Å². The van der Waals surface area contributed by atoms with E-state index >= 15 is 0 Å². The van der Waals surface area contributed by atoms with Crippen molar-refractivity contribution in [1.29, 1.82) is 0 Å². The molecule has 1 rings (SSSR count). The summed E-state index contributed by atoms with van der Waals surface area (Å²) in [6.07, 6.45) is -4.88. The van der Waals surface area contributed by atoms with Crippen molar-refractivity contribution in [1.82, 2.24) is 0 Å². The minimum atomic E-state index is -4.88. The van der Waals surface area contributed by atoms with Gasteiger partial charge in [-0.05, 0) is 38.0 Å². The Morgan fingerprint density at radius 1 is 1.29 bits per heavy atom. The second kappa shape index (κ2) is 4.77. The molecule has 0 spiro atoms. The number of benzene rings is 1.